The van der Waals surface area contributed by atoms with Crippen LogP contribution in [-0.2, 0) is 16.1 Å². The maximum Gasteiger partial charge on any atom is 0.340 e. The number of esters is 1. The summed E-state index contributed by atoms with van der Waals surface area (Å²) in [5.74, 6) is -1.06. The lowest BCUT2D eigenvalue weighted by atomic mass is 10.1. The van der Waals surface area contributed by atoms with Crippen molar-refractivity contribution in [1.29, 1.82) is 5.26 Å². The average molecular weight is 387 g/mol. The van der Waals surface area contributed by atoms with Crippen LogP contribution >= 0.6 is 11.8 Å². The Morgan fingerprint density at radius 1 is 1.33 bits per heavy atom. The standard InChI is InChI=1S/C19H18FN3O3S/c1-3-26-19(25)16-8-14(9-21)18(23-12(16)2)27-11-17(24)22-10-13-4-6-15(20)7-5-13/h4-8H,3,10-11H2,1-2H3,(H,22,24). The summed E-state index contributed by atoms with van der Waals surface area (Å²) in [6.07, 6.45) is 0. The number of thioether (sulfide) groups is 1. The van der Waals surface area contributed by atoms with Crippen LogP contribution in [0.5, 0.6) is 0 Å². The maximum absolute atomic E-state index is 12.9. The minimum Gasteiger partial charge on any atom is -0.462 e. The Morgan fingerprint density at radius 3 is 2.67 bits per heavy atom. The fourth-order valence-electron chi connectivity index (χ4n) is 2.18. The molecule has 27 heavy (non-hydrogen) atoms. The second kappa shape index (κ2) is 9.69. The molecule has 0 aliphatic heterocycles. The maximum atomic E-state index is 12.9. The van der Waals surface area contributed by atoms with E-state index in [-0.39, 0.29) is 41.8 Å². The molecule has 0 spiro atoms. The third-order valence-electron chi connectivity index (χ3n) is 3.54. The summed E-state index contributed by atoms with van der Waals surface area (Å²) in [5, 5.41) is 12.4. The van der Waals surface area contributed by atoms with Crippen LogP contribution in [-0.4, -0.2) is 29.2 Å². The lowest BCUT2D eigenvalue weighted by Crippen LogP contribution is -2.24. The smallest absolute Gasteiger partial charge is 0.340 e. The van der Waals surface area contributed by atoms with Crippen LogP contribution in [0.1, 0.15) is 34.1 Å². The molecule has 140 valence electrons. The van der Waals surface area contributed by atoms with E-state index in [9.17, 15) is 19.2 Å². The number of nitrogens with zero attached hydrogens (tertiary/aromatic N) is 2. The van der Waals surface area contributed by atoms with Gasteiger partial charge in [-0.25, -0.2) is 14.2 Å². The molecule has 0 atom stereocenters. The van der Waals surface area contributed by atoms with Crippen molar-refractivity contribution in [3.05, 3.63) is 58.5 Å². The van der Waals surface area contributed by atoms with Crippen molar-refractivity contribution in [3.8, 4) is 6.07 Å². The molecule has 0 unspecified atom stereocenters. The second-order valence-corrected chi connectivity index (χ2v) is 6.46. The van der Waals surface area contributed by atoms with Gasteiger partial charge in [0, 0.05) is 6.54 Å². The van der Waals surface area contributed by atoms with E-state index < -0.39 is 5.97 Å². The molecule has 2 aromatic rings. The number of aromatic nitrogens is 1. The predicted octanol–water partition coefficient (Wildman–Crippen LogP) is 2.99. The van der Waals surface area contributed by atoms with Gasteiger partial charge >= 0.3 is 5.97 Å². The molecule has 1 aromatic heterocycles. The zero-order valence-electron chi connectivity index (χ0n) is 14.9. The Morgan fingerprint density at radius 2 is 2.04 bits per heavy atom. The Labute approximate surface area is 160 Å². The predicted molar refractivity (Wildman–Crippen MR) is 98.6 cm³/mol. The van der Waals surface area contributed by atoms with Gasteiger partial charge in [-0.15, -0.1) is 0 Å². The monoisotopic (exact) mass is 387 g/mol. The van der Waals surface area contributed by atoms with Crippen LogP contribution < -0.4 is 5.32 Å². The molecular formula is C19H18FN3O3S. The molecule has 0 radical (unpaired) electrons. The highest BCUT2D eigenvalue weighted by Crippen LogP contribution is 2.23. The summed E-state index contributed by atoms with van der Waals surface area (Å²) in [4.78, 5) is 28.2. The van der Waals surface area contributed by atoms with E-state index in [1.165, 1.54) is 18.2 Å². The lowest BCUT2D eigenvalue weighted by Gasteiger charge is -2.09. The molecule has 0 fully saturated rings. The Balaban J connectivity index is 1.99. The third kappa shape index (κ3) is 5.79. The number of hydrogen-bond acceptors (Lipinski definition) is 6. The van der Waals surface area contributed by atoms with Gasteiger partial charge in [-0.3, -0.25) is 4.79 Å². The average Bonchev–Trinajstić information content (AvgIpc) is 2.66. The largest absolute Gasteiger partial charge is 0.462 e. The highest BCUT2D eigenvalue weighted by Gasteiger charge is 2.17. The van der Waals surface area contributed by atoms with Crippen LogP contribution in [0.25, 0.3) is 0 Å². The fourth-order valence-corrected chi connectivity index (χ4v) is 3.01. The summed E-state index contributed by atoms with van der Waals surface area (Å²) in [6, 6.07) is 9.26. The molecule has 6 nitrogen and oxygen atoms in total. The van der Waals surface area contributed by atoms with Crippen LogP contribution in [0.2, 0.25) is 0 Å². The van der Waals surface area contributed by atoms with Gasteiger partial charge in [-0.1, -0.05) is 23.9 Å². The van der Waals surface area contributed by atoms with E-state index in [0.29, 0.717) is 10.7 Å². The van der Waals surface area contributed by atoms with E-state index >= 15 is 0 Å². The quantitative estimate of drug-likeness (QED) is 0.580. The molecule has 1 N–H and O–H groups in total. The van der Waals surface area contributed by atoms with Crippen molar-refractivity contribution < 1.29 is 18.7 Å². The number of ether oxygens (including phenoxy) is 1. The van der Waals surface area contributed by atoms with Crippen molar-refractivity contribution in [3.63, 3.8) is 0 Å². The Bertz CT molecular complexity index is 879. The molecule has 1 amide bonds. The minimum absolute atomic E-state index is 0.0566. The number of halogens is 1. The van der Waals surface area contributed by atoms with Crippen molar-refractivity contribution in [2.24, 2.45) is 0 Å². The number of amides is 1. The van der Waals surface area contributed by atoms with E-state index in [0.717, 1.165) is 17.3 Å². The number of carbonyl (C=O) groups excluding carboxylic acids is 2. The SMILES string of the molecule is CCOC(=O)c1cc(C#N)c(SCC(=O)NCc2ccc(F)cc2)nc1C. The first kappa shape index (κ1) is 20.4. The number of aryl methyl sites for hydroxylation is 1. The molecule has 8 heteroatoms. The highest BCUT2D eigenvalue weighted by molar-refractivity contribution is 8.00. The number of nitrogens with one attached hydrogen (secondary N) is 1. The normalized spacial score (nSPS) is 10.1. The van der Waals surface area contributed by atoms with E-state index in [4.69, 9.17) is 4.74 Å². The highest BCUT2D eigenvalue weighted by atomic mass is 32.2. The van der Waals surface area contributed by atoms with Gasteiger partial charge in [0.2, 0.25) is 5.91 Å². The number of hydrogen-bond donors (Lipinski definition) is 1. The van der Waals surface area contributed by atoms with Gasteiger partial charge in [-0.2, -0.15) is 5.26 Å². The van der Waals surface area contributed by atoms with Crippen LogP contribution in [0, 0.1) is 24.1 Å². The van der Waals surface area contributed by atoms with E-state index in [2.05, 4.69) is 10.3 Å². The Kier molecular flexibility index (Phi) is 7.32. The zero-order valence-corrected chi connectivity index (χ0v) is 15.7. The van der Waals surface area contributed by atoms with E-state index in [1.807, 2.05) is 6.07 Å². The van der Waals surface area contributed by atoms with Gasteiger partial charge in [0.25, 0.3) is 0 Å². The molecule has 0 bridgehead atoms. The van der Waals surface area contributed by atoms with Crippen molar-refractivity contribution in [1.82, 2.24) is 10.3 Å². The topological polar surface area (TPSA) is 92.1 Å². The zero-order chi connectivity index (χ0) is 19.8. The summed E-state index contributed by atoms with van der Waals surface area (Å²) >= 11 is 1.11. The van der Waals surface area contributed by atoms with Crippen molar-refractivity contribution in [2.75, 3.05) is 12.4 Å². The first-order valence-corrected chi connectivity index (χ1v) is 9.16. The first-order chi connectivity index (χ1) is 12.9. The minimum atomic E-state index is -0.535. The fraction of sp³-hybridized carbons (Fsp3) is 0.263. The number of benzene rings is 1. The van der Waals surface area contributed by atoms with Crippen LogP contribution in [0.4, 0.5) is 4.39 Å². The molecular weight excluding hydrogens is 369 g/mol. The van der Waals surface area contributed by atoms with Crippen molar-refractivity contribution >= 4 is 23.6 Å². The molecule has 1 aromatic carbocycles. The van der Waals surface area contributed by atoms with Gasteiger partial charge in [0.15, 0.2) is 0 Å². The van der Waals surface area contributed by atoms with Crippen LogP contribution in [0.3, 0.4) is 0 Å². The molecule has 0 aliphatic carbocycles. The number of nitriles is 1. The molecule has 1 heterocycles. The van der Waals surface area contributed by atoms with Gasteiger partial charge in [0.05, 0.1) is 29.2 Å². The summed E-state index contributed by atoms with van der Waals surface area (Å²) < 4.78 is 17.8. The molecule has 0 saturated carbocycles. The van der Waals surface area contributed by atoms with Gasteiger partial charge < -0.3 is 10.1 Å². The van der Waals surface area contributed by atoms with E-state index in [1.54, 1.807) is 26.0 Å². The summed E-state index contributed by atoms with van der Waals surface area (Å²) in [6.45, 7) is 3.84. The number of pyridine rings is 1. The molecule has 2 rings (SSSR count). The lowest BCUT2D eigenvalue weighted by molar-refractivity contribution is -0.118. The molecule has 0 aliphatic rings. The Hall–Kier alpha value is -2.92. The van der Waals surface area contributed by atoms with Crippen molar-refractivity contribution in [2.45, 2.75) is 25.4 Å². The van der Waals surface area contributed by atoms with Gasteiger partial charge in [-0.05, 0) is 37.6 Å². The first-order valence-electron chi connectivity index (χ1n) is 8.17. The third-order valence-corrected chi connectivity index (χ3v) is 4.53. The van der Waals surface area contributed by atoms with Gasteiger partial charge in [0.1, 0.15) is 16.9 Å². The van der Waals surface area contributed by atoms with Crippen LogP contribution in [0.15, 0.2) is 35.4 Å². The number of carbonyl (C=O) groups is 2. The number of rotatable bonds is 7. The molecule has 0 saturated heterocycles. The summed E-state index contributed by atoms with van der Waals surface area (Å²) in [7, 11) is 0. The summed E-state index contributed by atoms with van der Waals surface area (Å²) in [5.41, 5.74) is 1.65. The second-order valence-electron chi connectivity index (χ2n) is 5.50.